The Kier molecular flexibility index (Phi) is 14.6. The first-order chi connectivity index (χ1) is 14.5. The van der Waals surface area contributed by atoms with Gasteiger partial charge in [0.1, 0.15) is 18.2 Å². The second-order valence-electron chi connectivity index (χ2n) is 5.49. The summed E-state index contributed by atoms with van der Waals surface area (Å²) < 4.78 is 5.72. The number of aliphatic carboxylic acids is 1. The number of rotatable bonds is 9. The Morgan fingerprint density at radius 2 is 1.67 bits per heavy atom. The van der Waals surface area contributed by atoms with Crippen molar-refractivity contribution in [2.45, 2.75) is 47.1 Å². The van der Waals surface area contributed by atoms with Gasteiger partial charge in [-0.1, -0.05) is 39.8 Å². The van der Waals surface area contributed by atoms with Crippen LogP contribution in [0.25, 0.3) is 0 Å². The van der Waals surface area contributed by atoms with Crippen LogP contribution in [0.5, 0.6) is 5.75 Å². The van der Waals surface area contributed by atoms with Crippen molar-refractivity contribution in [3.05, 3.63) is 53.6 Å². The fourth-order valence-electron chi connectivity index (χ4n) is 2.26. The molecule has 0 fully saturated rings. The molecule has 0 radical (unpaired) electrons. The monoisotopic (exact) mass is 438 g/mol. The lowest BCUT2D eigenvalue weighted by molar-refractivity contribution is -0.137. The Balaban J connectivity index is 0.00000198. The molecule has 2 rings (SSSR count). The number of carboxylic acids is 1. The van der Waals surface area contributed by atoms with E-state index < -0.39 is 5.97 Å². The fraction of sp³-hybridized carbons (Fsp3) is 0.364. The smallest absolute Gasteiger partial charge is 0.303 e. The summed E-state index contributed by atoms with van der Waals surface area (Å²) in [4.78, 5) is 22.0. The number of ether oxygens (including phenoxy) is 1. The van der Waals surface area contributed by atoms with Gasteiger partial charge in [-0.05, 0) is 47.9 Å². The number of carbonyl (C=O) groups is 2. The minimum atomic E-state index is -0.915. The molecule has 0 bridgehead atoms. The van der Waals surface area contributed by atoms with Crippen LogP contribution in [-0.2, 0) is 22.6 Å². The van der Waals surface area contributed by atoms with Gasteiger partial charge in [-0.15, -0.1) is 11.6 Å². The molecular formula is C22H31ClN2O5. The summed E-state index contributed by atoms with van der Waals surface area (Å²) in [5, 5.41) is 20.6. The predicted molar refractivity (Wildman–Crippen MR) is 121 cm³/mol. The maximum absolute atomic E-state index is 11.2. The summed E-state index contributed by atoms with van der Waals surface area (Å²) in [6.07, 6.45) is 0.220. The first-order valence-corrected chi connectivity index (χ1v) is 10.4. The highest BCUT2D eigenvalue weighted by Gasteiger charge is 2.07. The number of amides is 1. The number of aryl methyl sites for hydroxylation is 1. The lowest BCUT2D eigenvalue weighted by atomic mass is 10.1. The molecule has 166 valence electrons. The van der Waals surface area contributed by atoms with Crippen molar-refractivity contribution in [3.8, 4) is 5.75 Å². The van der Waals surface area contributed by atoms with Gasteiger partial charge in [-0.3, -0.25) is 20.3 Å². The Morgan fingerprint density at radius 1 is 1.03 bits per heavy atom. The number of benzene rings is 2. The maximum Gasteiger partial charge on any atom is 0.303 e. The SMILES string of the molecule is CC.CC.O=C(O)CCc1cc(OCc2ccc(NC(=O)CCl)cc2)ccc1NO. The van der Waals surface area contributed by atoms with Crippen molar-refractivity contribution in [3.63, 3.8) is 0 Å². The summed E-state index contributed by atoms with van der Waals surface area (Å²) >= 11 is 5.44. The van der Waals surface area contributed by atoms with E-state index in [2.05, 4.69) is 10.8 Å². The largest absolute Gasteiger partial charge is 0.489 e. The molecule has 0 saturated carbocycles. The van der Waals surface area contributed by atoms with Crippen LogP contribution in [0.1, 0.15) is 45.2 Å². The van der Waals surface area contributed by atoms with Gasteiger partial charge in [0.25, 0.3) is 0 Å². The van der Waals surface area contributed by atoms with Crippen LogP contribution in [0, 0.1) is 0 Å². The normalized spacial score (nSPS) is 9.27. The van der Waals surface area contributed by atoms with Gasteiger partial charge in [0.05, 0.1) is 5.69 Å². The number of carboxylic acid groups (broad SMARTS) is 1. The van der Waals surface area contributed by atoms with Gasteiger partial charge in [0, 0.05) is 12.1 Å². The third-order valence-electron chi connectivity index (χ3n) is 3.57. The second-order valence-corrected chi connectivity index (χ2v) is 5.76. The van der Waals surface area contributed by atoms with Crippen molar-refractivity contribution >= 4 is 34.9 Å². The highest BCUT2D eigenvalue weighted by molar-refractivity contribution is 6.29. The van der Waals surface area contributed by atoms with Gasteiger partial charge in [-0.25, -0.2) is 0 Å². The van der Waals surface area contributed by atoms with E-state index in [9.17, 15) is 9.59 Å². The molecule has 7 nitrogen and oxygen atoms in total. The molecule has 0 aliphatic carbocycles. The molecule has 30 heavy (non-hydrogen) atoms. The van der Waals surface area contributed by atoms with Crippen LogP contribution >= 0.6 is 11.6 Å². The van der Waals surface area contributed by atoms with E-state index in [1.165, 1.54) is 0 Å². The average molecular weight is 439 g/mol. The molecule has 2 aromatic carbocycles. The third-order valence-corrected chi connectivity index (χ3v) is 3.81. The highest BCUT2D eigenvalue weighted by atomic mass is 35.5. The molecule has 0 aromatic heterocycles. The zero-order chi connectivity index (χ0) is 22.9. The molecule has 2 aromatic rings. The van der Waals surface area contributed by atoms with E-state index >= 15 is 0 Å². The molecule has 0 aliphatic rings. The molecule has 0 heterocycles. The van der Waals surface area contributed by atoms with Crippen LogP contribution in [0.4, 0.5) is 11.4 Å². The van der Waals surface area contributed by atoms with Gasteiger partial charge >= 0.3 is 5.97 Å². The predicted octanol–water partition coefficient (Wildman–Crippen LogP) is 5.31. The molecule has 0 aliphatic heterocycles. The number of alkyl halides is 1. The zero-order valence-corrected chi connectivity index (χ0v) is 18.6. The minimum Gasteiger partial charge on any atom is -0.489 e. The molecule has 1 amide bonds. The van der Waals surface area contributed by atoms with Crippen molar-refractivity contribution in [1.29, 1.82) is 0 Å². The molecule has 0 unspecified atom stereocenters. The summed E-state index contributed by atoms with van der Waals surface area (Å²) in [5.41, 5.74) is 4.68. The molecule has 0 saturated heterocycles. The number of hydrogen-bond donors (Lipinski definition) is 4. The van der Waals surface area contributed by atoms with Crippen molar-refractivity contribution < 1.29 is 24.6 Å². The van der Waals surface area contributed by atoms with E-state index in [0.29, 0.717) is 29.3 Å². The van der Waals surface area contributed by atoms with Gasteiger partial charge < -0.3 is 15.2 Å². The van der Waals surface area contributed by atoms with Gasteiger partial charge in [0.2, 0.25) is 5.91 Å². The molecule has 0 atom stereocenters. The number of halogens is 1. The Hall–Kier alpha value is -2.77. The first-order valence-electron chi connectivity index (χ1n) is 9.84. The maximum atomic E-state index is 11.2. The minimum absolute atomic E-state index is 0.0480. The van der Waals surface area contributed by atoms with Gasteiger partial charge in [-0.2, -0.15) is 0 Å². The zero-order valence-electron chi connectivity index (χ0n) is 17.9. The van der Waals surface area contributed by atoms with E-state index in [1.807, 2.05) is 39.8 Å². The Morgan fingerprint density at radius 3 is 2.20 bits per heavy atom. The van der Waals surface area contributed by atoms with Crippen LogP contribution in [0.15, 0.2) is 42.5 Å². The Labute approximate surface area is 183 Å². The lowest BCUT2D eigenvalue weighted by Crippen LogP contribution is -2.12. The van der Waals surface area contributed by atoms with Crippen molar-refractivity contribution in [2.75, 3.05) is 16.7 Å². The summed E-state index contributed by atoms with van der Waals surface area (Å²) in [6, 6.07) is 12.1. The number of carbonyl (C=O) groups excluding carboxylic acids is 1. The Bertz CT molecular complexity index is 767. The van der Waals surface area contributed by atoms with E-state index in [0.717, 1.165) is 5.56 Å². The fourth-order valence-corrected chi connectivity index (χ4v) is 2.33. The number of nitrogens with one attached hydrogen (secondary N) is 2. The van der Waals surface area contributed by atoms with Crippen molar-refractivity contribution in [2.24, 2.45) is 0 Å². The summed E-state index contributed by atoms with van der Waals surface area (Å²) in [6.45, 7) is 8.30. The summed E-state index contributed by atoms with van der Waals surface area (Å²) in [5.74, 6) is -0.735. The number of hydrogen-bond acceptors (Lipinski definition) is 5. The van der Waals surface area contributed by atoms with Crippen LogP contribution < -0.4 is 15.5 Å². The van der Waals surface area contributed by atoms with Crippen LogP contribution in [0.2, 0.25) is 0 Å². The quantitative estimate of drug-likeness (QED) is 0.312. The third kappa shape index (κ3) is 10.1. The van der Waals surface area contributed by atoms with Crippen molar-refractivity contribution in [1.82, 2.24) is 0 Å². The average Bonchev–Trinajstić information content (AvgIpc) is 2.79. The van der Waals surface area contributed by atoms with E-state index in [1.54, 1.807) is 30.3 Å². The van der Waals surface area contributed by atoms with E-state index in [4.69, 9.17) is 26.7 Å². The van der Waals surface area contributed by atoms with E-state index in [-0.39, 0.29) is 24.6 Å². The van der Waals surface area contributed by atoms with Gasteiger partial charge in [0.15, 0.2) is 0 Å². The lowest BCUT2D eigenvalue weighted by Gasteiger charge is -2.12. The molecule has 8 heteroatoms. The second kappa shape index (κ2) is 16.1. The van der Waals surface area contributed by atoms with Crippen LogP contribution in [0.3, 0.4) is 0 Å². The summed E-state index contributed by atoms with van der Waals surface area (Å²) in [7, 11) is 0. The standard InChI is InChI=1S/C18H19ClN2O5.2C2H6/c19-10-17(22)20-14-4-1-12(2-5-14)11-26-15-6-7-16(21-25)13(9-15)3-8-18(23)24;2*1-2/h1-2,4-7,9,21,25H,3,8,10-11H2,(H,20,22)(H,23,24);2*1-2H3. The molecular weight excluding hydrogens is 408 g/mol. The molecule has 4 N–H and O–H groups in total. The molecule has 0 spiro atoms. The topological polar surface area (TPSA) is 108 Å². The number of anilines is 2. The highest BCUT2D eigenvalue weighted by Crippen LogP contribution is 2.24. The first kappa shape index (κ1) is 27.2. The van der Waals surface area contributed by atoms with Crippen LogP contribution in [-0.4, -0.2) is 28.1 Å².